The van der Waals surface area contributed by atoms with Crippen LogP contribution in [0.4, 0.5) is 11.4 Å². The highest BCUT2D eigenvalue weighted by Crippen LogP contribution is 2.23. The zero-order chi connectivity index (χ0) is 14.5. The van der Waals surface area contributed by atoms with Crippen molar-refractivity contribution < 1.29 is 10.0 Å². The van der Waals surface area contributed by atoms with Gasteiger partial charge in [-0.2, -0.15) is 5.26 Å². The lowest BCUT2D eigenvalue weighted by Gasteiger charge is -2.08. The third-order valence-corrected chi connectivity index (χ3v) is 2.79. The van der Waals surface area contributed by atoms with Crippen molar-refractivity contribution in [3.05, 3.63) is 63.7 Å². The molecule has 0 unspecified atom stereocenters. The molecule has 0 spiro atoms. The number of hydrogen-bond donors (Lipinski definition) is 2. The molecule has 2 aromatic rings. The van der Waals surface area contributed by atoms with Gasteiger partial charge in [-0.25, -0.2) is 0 Å². The summed E-state index contributed by atoms with van der Waals surface area (Å²) in [6.07, 6.45) is 0. The van der Waals surface area contributed by atoms with Crippen molar-refractivity contribution in [2.45, 2.75) is 6.54 Å². The molecule has 6 nitrogen and oxygen atoms in total. The second kappa shape index (κ2) is 5.71. The minimum Gasteiger partial charge on any atom is -0.508 e. The summed E-state index contributed by atoms with van der Waals surface area (Å²) >= 11 is 0. The quantitative estimate of drug-likeness (QED) is 0.656. The predicted molar refractivity (Wildman–Crippen MR) is 73.2 cm³/mol. The molecule has 20 heavy (non-hydrogen) atoms. The number of nitriles is 1. The Hall–Kier alpha value is -3.07. The number of phenolic OH excluding ortho intramolecular Hbond substituents is 1. The van der Waals surface area contributed by atoms with Crippen LogP contribution in [0.5, 0.6) is 5.75 Å². The van der Waals surface area contributed by atoms with E-state index in [1.807, 2.05) is 0 Å². The zero-order valence-corrected chi connectivity index (χ0v) is 10.4. The lowest BCUT2D eigenvalue weighted by Crippen LogP contribution is -2.01. The van der Waals surface area contributed by atoms with E-state index in [9.17, 15) is 15.2 Å². The van der Waals surface area contributed by atoms with Gasteiger partial charge in [0, 0.05) is 23.9 Å². The van der Waals surface area contributed by atoms with Crippen LogP contribution >= 0.6 is 0 Å². The first-order valence-electron chi connectivity index (χ1n) is 5.81. The number of anilines is 1. The van der Waals surface area contributed by atoms with Gasteiger partial charge in [0.15, 0.2) is 0 Å². The van der Waals surface area contributed by atoms with Crippen LogP contribution in [0.15, 0.2) is 42.5 Å². The second-order valence-electron chi connectivity index (χ2n) is 4.08. The molecule has 0 saturated heterocycles. The highest BCUT2D eigenvalue weighted by molar-refractivity contribution is 5.59. The van der Waals surface area contributed by atoms with Gasteiger partial charge in [0.25, 0.3) is 5.69 Å². The molecule has 0 amide bonds. The minimum atomic E-state index is -0.592. The summed E-state index contributed by atoms with van der Waals surface area (Å²) in [5.74, 6) is 0.169. The third kappa shape index (κ3) is 2.84. The van der Waals surface area contributed by atoms with E-state index in [0.717, 1.165) is 0 Å². The molecule has 0 aliphatic rings. The Labute approximate surface area is 115 Å². The summed E-state index contributed by atoms with van der Waals surface area (Å²) in [6, 6.07) is 12.9. The number of nitro benzene ring substituents is 1. The first kappa shape index (κ1) is 13.4. The average molecular weight is 269 g/mol. The van der Waals surface area contributed by atoms with Gasteiger partial charge in [0.1, 0.15) is 17.4 Å². The zero-order valence-electron chi connectivity index (χ0n) is 10.4. The van der Waals surface area contributed by atoms with Gasteiger partial charge in [-0.05, 0) is 18.2 Å². The fourth-order valence-electron chi connectivity index (χ4n) is 1.75. The molecule has 0 atom stereocenters. The summed E-state index contributed by atoms with van der Waals surface area (Å²) in [7, 11) is 0. The van der Waals surface area contributed by atoms with Crippen LogP contribution in [0.2, 0.25) is 0 Å². The first-order chi connectivity index (χ1) is 9.61. The van der Waals surface area contributed by atoms with Crippen molar-refractivity contribution in [2.24, 2.45) is 0 Å². The number of para-hydroxylation sites is 1. The van der Waals surface area contributed by atoms with Gasteiger partial charge >= 0.3 is 0 Å². The van der Waals surface area contributed by atoms with Crippen molar-refractivity contribution >= 4 is 11.4 Å². The van der Waals surface area contributed by atoms with Crippen LogP contribution in [0.3, 0.4) is 0 Å². The molecule has 0 fully saturated rings. The fourth-order valence-corrected chi connectivity index (χ4v) is 1.75. The molecule has 2 aromatic carbocycles. The van der Waals surface area contributed by atoms with Crippen LogP contribution in [-0.4, -0.2) is 10.0 Å². The monoisotopic (exact) mass is 269 g/mol. The van der Waals surface area contributed by atoms with Crippen molar-refractivity contribution in [1.82, 2.24) is 0 Å². The van der Waals surface area contributed by atoms with E-state index >= 15 is 0 Å². The molecule has 0 saturated carbocycles. The smallest absolute Gasteiger partial charge is 0.287 e. The van der Waals surface area contributed by atoms with Crippen LogP contribution in [0.25, 0.3) is 0 Å². The Kier molecular flexibility index (Phi) is 3.82. The highest BCUT2D eigenvalue weighted by Gasteiger charge is 2.13. The summed E-state index contributed by atoms with van der Waals surface area (Å²) in [6.45, 7) is 0.357. The normalized spacial score (nSPS) is 9.75. The third-order valence-electron chi connectivity index (χ3n) is 2.79. The molecule has 2 rings (SSSR count). The molecule has 2 N–H and O–H groups in total. The van der Waals surface area contributed by atoms with Gasteiger partial charge in [0.05, 0.1) is 4.92 Å². The Morgan fingerprint density at radius 3 is 2.70 bits per heavy atom. The summed E-state index contributed by atoms with van der Waals surface area (Å²) < 4.78 is 0. The van der Waals surface area contributed by atoms with Crippen LogP contribution in [0.1, 0.15) is 11.1 Å². The van der Waals surface area contributed by atoms with E-state index in [4.69, 9.17) is 5.26 Å². The number of nitrogens with one attached hydrogen (secondary N) is 1. The van der Waals surface area contributed by atoms with Gasteiger partial charge < -0.3 is 10.4 Å². The summed E-state index contributed by atoms with van der Waals surface area (Å²) in [5.41, 5.74) is 1.05. The fraction of sp³-hybridized carbons (Fsp3) is 0.0714. The molecule has 6 heteroatoms. The summed E-state index contributed by atoms with van der Waals surface area (Å²) in [4.78, 5) is 10.1. The Bertz CT molecular complexity index is 692. The van der Waals surface area contributed by atoms with Crippen molar-refractivity contribution in [1.29, 1.82) is 5.26 Å². The number of nitro groups is 1. The van der Waals surface area contributed by atoms with E-state index in [-0.39, 0.29) is 17.0 Å². The number of nitrogens with zero attached hydrogens (tertiary/aromatic N) is 2. The lowest BCUT2D eigenvalue weighted by molar-refractivity contribution is -0.385. The first-order valence-corrected chi connectivity index (χ1v) is 5.81. The van der Waals surface area contributed by atoms with Crippen LogP contribution in [0, 0.1) is 21.4 Å². The maximum Gasteiger partial charge on any atom is 0.287 e. The lowest BCUT2D eigenvalue weighted by atomic mass is 10.1. The molecule has 0 aliphatic carbocycles. The van der Waals surface area contributed by atoms with E-state index in [2.05, 4.69) is 5.32 Å². The molecule has 0 bridgehead atoms. The van der Waals surface area contributed by atoms with E-state index in [1.165, 1.54) is 18.2 Å². The molecule has 0 radical (unpaired) electrons. The van der Waals surface area contributed by atoms with Crippen LogP contribution < -0.4 is 5.32 Å². The van der Waals surface area contributed by atoms with Crippen molar-refractivity contribution in [2.75, 3.05) is 5.32 Å². The van der Waals surface area contributed by atoms with Gasteiger partial charge in [0.2, 0.25) is 0 Å². The number of aromatic hydroxyl groups is 1. The molecular weight excluding hydrogens is 258 g/mol. The second-order valence-corrected chi connectivity index (χ2v) is 4.08. The van der Waals surface area contributed by atoms with Crippen molar-refractivity contribution in [3.63, 3.8) is 0 Å². The molecule has 0 aliphatic heterocycles. The molecule has 0 aromatic heterocycles. The van der Waals surface area contributed by atoms with E-state index in [1.54, 1.807) is 30.3 Å². The molecular formula is C14H11N3O3. The minimum absolute atomic E-state index is 0.00252. The van der Waals surface area contributed by atoms with E-state index < -0.39 is 4.92 Å². The number of phenols is 1. The standard InChI is InChI=1S/C14H11N3O3/c15-8-11-7-12(5-6-13(11)17(19)20)16-9-10-3-1-2-4-14(10)18/h1-7,16,18H,9H2. The maximum atomic E-state index is 10.7. The van der Waals surface area contributed by atoms with Crippen molar-refractivity contribution in [3.8, 4) is 11.8 Å². The topological polar surface area (TPSA) is 99.2 Å². The number of benzene rings is 2. The number of rotatable bonds is 4. The van der Waals surface area contributed by atoms with Gasteiger partial charge in [-0.1, -0.05) is 18.2 Å². The summed E-state index contributed by atoms with van der Waals surface area (Å²) in [5, 5.41) is 32.2. The number of hydrogen-bond acceptors (Lipinski definition) is 5. The highest BCUT2D eigenvalue weighted by atomic mass is 16.6. The van der Waals surface area contributed by atoms with Gasteiger partial charge in [-0.3, -0.25) is 10.1 Å². The maximum absolute atomic E-state index is 10.7. The predicted octanol–water partition coefficient (Wildman–Crippen LogP) is 2.78. The SMILES string of the molecule is N#Cc1cc(NCc2ccccc2O)ccc1[N+](=O)[O-]. The van der Waals surface area contributed by atoms with Crippen LogP contribution in [-0.2, 0) is 6.54 Å². The molecule has 100 valence electrons. The molecule has 0 heterocycles. The Balaban J connectivity index is 2.17. The Morgan fingerprint density at radius 1 is 1.30 bits per heavy atom. The average Bonchev–Trinajstić information content (AvgIpc) is 2.46. The van der Waals surface area contributed by atoms with Gasteiger partial charge in [-0.15, -0.1) is 0 Å². The largest absolute Gasteiger partial charge is 0.508 e. The Morgan fingerprint density at radius 2 is 2.05 bits per heavy atom. The van der Waals surface area contributed by atoms with E-state index in [0.29, 0.717) is 17.8 Å².